The number of carbonyl (C=O) groups excluding carboxylic acids is 1. The van der Waals surface area contributed by atoms with Crippen LogP contribution in [0.5, 0.6) is 0 Å². The zero-order valence-electron chi connectivity index (χ0n) is 12.7. The van der Waals surface area contributed by atoms with E-state index in [2.05, 4.69) is 0 Å². The highest BCUT2D eigenvalue weighted by Gasteiger charge is 2.52. The normalized spacial score (nSPS) is 19.3. The van der Waals surface area contributed by atoms with Crippen molar-refractivity contribution in [3.63, 3.8) is 0 Å². The first-order valence-electron chi connectivity index (χ1n) is 7.81. The van der Waals surface area contributed by atoms with Gasteiger partial charge in [-0.05, 0) is 49.3 Å². The molecular weight excluding hydrogens is 264 g/mol. The van der Waals surface area contributed by atoms with Gasteiger partial charge in [-0.3, -0.25) is 4.79 Å². The number of nitrogens with two attached hydrogens (primary N) is 1. The highest BCUT2D eigenvalue weighted by atomic mass is 16.5. The Kier molecular flexibility index (Phi) is 3.89. The molecule has 0 heterocycles. The summed E-state index contributed by atoms with van der Waals surface area (Å²) in [5, 5.41) is 0. The summed E-state index contributed by atoms with van der Waals surface area (Å²) in [7, 11) is 1.88. The highest BCUT2D eigenvalue weighted by molar-refractivity contribution is 5.91. The summed E-state index contributed by atoms with van der Waals surface area (Å²) in [6.45, 7) is 2.16. The Morgan fingerprint density at radius 3 is 2.57 bits per heavy atom. The fraction of sp³-hybridized carbons (Fsp3) is 0.588. The van der Waals surface area contributed by atoms with Crippen molar-refractivity contribution in [3.8, 4) is 0 Å². The minimum Gasteiger partial charge on any atom is -0.399 e. The van der Waals surface area contributed by atoms with Gasteiger partial charge in [0.15, 0.2) is 0 Å². The molecule has 0 atom stereocenters. The molecule has 2 saturated carbocycles. The van der Waals surface area contributed by atoms with Gasteiger partial charge in [-0.1, -0.05) is 12.1 Å². The van der Waals surface area contributed by atoms with E-state index in [9.17, 15) is 4.79 Å². The van der Waals surface area contributed by atoms with Crippen LogP contribution in [-0.4, -0.2) is 37.6 Å². The lowest BCUT2D eigenvalue weighted by Crippen LogP contribution is -2.38. The summed E-state index contributed by atoms with van der Waals surface area (Å²) in [4.78, 5) is 14.5. The second-order valence-electron chi connectivity index (χ2n) is 6.45. The molecule has 0 saturated heterocycles. The molecule has 0 aromatic heterocycles. The largest absolute Gasteiger partial charge is 0.399 e. The SMILES string of the molecule is CN(CCOCC1CC1)C(=O)C1(c2ccc(N)cc2)CC1. The average Bonchev–Trinajstić information content (AvgIpc) is 3.37. The standard InChI is InChI=1S/C17H24N2O2/c1-19(10-11-21-12-13-2-3-13)16(20)17(8-9-17)14-4-6-15(18)7-5-14/h4-7,13H,2-3,8-12,18H2,1H3. The van der Waals surface area contributed by atoms with Crippen LogP contribution in [0.3, 0.4) is 0 Å². The van der Waals surface area contributed by atoms with E-state index in [-0.39, 0.29) is 11.3 Å². The minimum atomic E-state index is -0.307. The van der Waals surface area contributed by atoms with Gasteiger partial charge in [0.25, 0.3) is 0 Å². The number of rotatable bonds is 7. The molecule has 2 aliphatic carbocycles. The van der Waals surface area contributed by atoms with Crippen molar-refractivity contribution in [2.24, 2.45) is 5.92 Å². The Hall–Kier alpha value is -1.55. The molecule has 0 aliphatic heterocycles. The number of nitrogen functional groups attached to an aromatic ring is 1. The van der Waals surface area contributed by atoms with E-state index in [1.54, 1.807) is 0 Å². The van der Waals surface area contributed by atoms with Crippen LogP contribution in [0.4, 0.5) is 5.69 Å². The molecule has 1 aromatic carbocycles. The van der Waals surface area contributed by atoms with Crippen molar-refractivity contribution in [1.82, 2.24) is 4.90 Å². The van der Waals surface area contributed by atoms with E-state index in [0.29, 0.717) is 13.2 Å². The number of anilines is 1. The number of likely N-dealkylation sites (N-methyl/N-ethyl adjacent to an activating group) is 1. The number of carbonyl (C=O) groups is 1. The van der Waals surface area contributed by atoms with Crippen molar-refractivity contribution < 1.29 is 9.53 Å². The van der Waals surface area contributed by atoms with E-state index in [1.807, 2.05) is 36.2 Å². The molecule has 0 spiro atoms. The van der Waals surface area contributed by atoms with Gasteiger partial charge in [0.05, 0.1) is 12.0 Å². The summed E-state index contributed by atoms with van der Waals surface area (Å²) in [5.74, 6) is 0.984. The number of hydrogen-bond acceptors (Lipinski definition) is 3. The molecule has 114 valence electrons. The van der Waals surface area contributed by atoms with Gasteiger partial charge in [-0.25, -0.2) is 0 Å². The molecular formula is C17H24N2O2. The molecule has 4 heteroatoms. The quantitative estimate of drug-likeness (QED) is 0.618. The third-order valence-electron chi connectivity index (χ3n) is 4.59. The summed E-state index contributed by atoms with van der Waals surface area (Å²) in [5.41, 5.74) is 7.25. The number of amides is 1. The monoisotopic (exact) mass is 288 g/mol. The fourth-order valence-corrected chi connectivity index (χ4v) is 2.76. The third kappa shape index (κ3) is 3.21. The molecule has 1 amide bonds. The lowest BCUT2D eigenvalue weighted by Gasteiger charge is -2.24. The highest BCUT2D eigenvalue weighted by Crippen LogP contribution is 2.49. The van der Waals surface area contributed by atoms with Gasteiger partial charge in [0, 0.05) is 25.9 Å². The fourth-order valence-electron chi connectivity index (χ4n) is 2.76. The van der Waals surface area contributed by atoms with Gasteiger partial charge in [-0.15, -0.1) is 0 Å². The van der Waals surface area contributed by atoms with E-state index in [1.165, 1.54) is 12.8 Å². The lowest BCUT2D eigenvalue weighted by molar-refractivity contribution is -0.133. The Morgan fingerprint density at radius 1 is 1.33 bits per heavy atom. The van der Waals surface area contributed by atoms with Crippen molar-refractivity contribution in [3.05, 3.63) is 29.8 Å². The lowest BCUT2D eigenvalue weighted by atomic mass is 9.94. The first kappa shape index (κ1) is 14.4. The number of ether oxygens (including phenoxy) is 1. The van der Waals surface area contributed by atoms with Crippen molar-refractivity contribution in [2.75, 3.05) is 32.5 Å². The maximum Gasteiger partial charge on any atom is 0.233 e. The topological polar surface area (TPSA) is 55.6 Å². The van der Waals surface area contributed by atoms with E-state index < -0.39 is 0 Å². The zero-order valence-corrected chi connectivity index (χ0v) is 12.7. The van der Waals surface area contributed by atoms with Crippen LogP contribution >= 0.6 is 0 Å². The van der Waals surface area contributed by atoms with Gasteiger partial charge < -0.3 is 15.4 Å². The van der Waals surface area contributed by atoms with Crippen molar-refractivity contribution in [2.45, 2.75) is 31.1 Å². The second-order valence-corrected chi connectivity index (χ2v) is 6.45. The summed E-state index contributed by atoms with van der Waals surface area (Å²) in [6.07, 6.45) is 4.47. The minimum absolute atomic E-state index is 0.210. The number of benzene rings is 1. The number of hydrogen-bond donors (Lipinski definition) is 1. The van der Waals surface area contributed by atoms with Gasteiger partial charge in [0.2, 0.25) is 5.91 Å². The predicted molar refractivity (Wildman–Crippen MR) is 82.9 cm³/mol. The van der Waals surface area contributed by atoms with Crippen molar-refractivity contribution in [1.29, 1.82) is 0 Å². The van der Waals surface area contributed by atoms with Crippen LogP contribution in [0.2, 0.25) is 0 Å². The first-order valence-corrected chi connectivity index (χ1v) is 7.81. The molecule has 1 aromatic rings. The zero-order chi connectivity index (χ0) is 14.9. The predicted octanol–water partition coefficient (Wildman–Crippen LogP) is 2.19. The van der Waals surface area contributed by atoms with E-state index in [4.69, 9.17) is 10.5 Å². The maximum atomic E-state index is 12.7. The summed E-state index contributed by atoms with van der Waals surface area (Å²) in [6, 6.07) is 7.72. The van der Waals surface area contributed by atoms with Crippen LogP contribution in [0.1, 0.15) is 31.2 Å². The van der Waals surface area contributed by atoms with Crippen LogP contribution in [0.15, 0.2) is 24.3 Å². The average molecular weight is 288 g/mol. The van der Waals surface area contributed by atoms with E-state index in [0.717, 1.165) is 36.6 Å². The molecule has 21 heavy (non-hydrogen) atoms. The molecule has 0 bridgehead atoms. The van der Waals surface area contributed by atoms with Gasteiger partial charge in [0.1, 0.15) is 0 Å². The summed E-state index contributed by atoms with van der Waals surface area (Å²) >= 11 is 0. The molecule has 0 radical (unpaired) electrons. The molecule has 3 rings (SSSR count). The molecule has 2 fully saturated rings. The summed E-state index contributed by atoms with van der Waals surface area (Å²) < 4.78 is 5.62. The van der Waals surface area contributed by atoms with Crippen LogP contribution < -0.4 is 5.73 Å². The Labute approximate surface area is 126 Å². The maximum absolute atomic E-state index is 12.7. The molecule has 4 nitrogen and oxygen atoms in total. The smallest absolute Gasteiger partial charge is 0.233 e. The molecule has 2 N–H and O–H groups in total. The second kappa shape index (κ2) is 5.68. The number of nitrogens with zero attached hydrogens (tertiary/aromatic N) is 1. The van der Waals surface area contributed by atoms with Gasteiger partial charge >= 0.3 is 0 Å². The van der Waals surface area contributed by atoms with Crippen LogP contribution in [-0.2, 0) is 14.9 Å². The Morgan fingerprint density at radius 2 is 2.00 bits per heavy atom. The Balaban J connectivity index is 1.54. The molecule has 0 unspecified atom stereocenters. The van der Waals surface area contributed by atoms with Crippen molar-refractivity contribution >= 4 is 11.6 Å². The van der Waals surface area contributed by atoms with Crippen LogP contribution in [0, 0.1) is 5.92 Å². The third-order valence-corrected chi connectivity index (χ3v) is 4.59. The van der Waals surface area contributed by atoms with Gasteiger partial charge in [-0.2, -0.15) is 0 Å². The Bertz CT molecular complexity index is 504. The van der Waals surface area contributed by atoms with E-state index >= 15 is 0 Å². The first-order chi connectivity index (χ1) is 10.1. The molecule has 2 aliphatic rings. The van der Waals surface area contributed by atoms with Crippen LogP contribution in [0.25, 0.3) is 0 Å².